The molecule has 0 saturated carbocycles. The molecule has 0 spiro atoms. The predicted octanol–water partition coefficient (Wildman–Crippen LogP) is 4.29. The summed E-state index contributed by atoms with van der Waals surface area (Å²) in [6.45, 7) is 11.8. The number of nitrogens with one attached hydrogen (secondary N) is 1. The highest BCUT2D eigenvalue weighted by molar-refractivity contribution is 5.91. The van der Waals surface area contributed by atoms with Crippen LogP contribution in [0.4, 0.5) is 11.4 Å². The number of hydrogen-bond acceptors (Lipinski definition) is 4. The Morgan fingerprint density at radius 1 is 1.23 bits per heavy atom. The average Bonchev–Trinajstić information content (AvgIpc) is 3.12. The van der Waals surface area contributed by atoms with Gasteiger partial charge in [-0.2, -0.15) is 0 Å². The molecule has 1 atom stereocenters. The van der Waals surface area contributed by atoms with Crippen molar-refractivity contribution in [3.8, 4) is 0 Å². The van der Waals surface area contributed by atoms with Crippen molar-refractivity contribution >= 4 is 23.2 Å². The standard InChI is InChI=1S/C24H39N3O3/c1-17(2)13-22(28)25-19-10-11-21(26(6)7)18(14-19)15-27(23(29)24(3,4)5)16-20-9-8-12-30-20/h10-11,14,17,20H,8-9,12-13,15-16H2,1-7H3,(H,25,28)/t20-/m1/s1. The van der Waals surface area contributed by atoms with Crippen molar-refractivity contribution in [1.82, 2.24) is 4.90 Å². The second kappa shape index (κ2) is 10.3. The van der Waals surface area contributed by atoms with Gasteiger partial charge in [0, 0.05) is 57.0 Å². The van der Waals surface area contributed by atoms with E-state index in [1.807, 2.05) is 76.7 Å². The number of hydrogen-bond donors (Lipinski definition) is 1. The molecule has 1 fully saturated rings. The van der Waals surface area contributed by atoms with Gasteiger partial charge < -0.3 is 19.9 Å². The maximum absolute atomic E-state index is 13.2. The molecule has 1 aliphatic rings. The lowest BCUT2D eigenvalue weighted by Gasteiger charge is -2.32. The lowest BCUT2D eigenvalue weighted by Crippen LogP contribution is -2.43. The summed E-state index contributed by atoms with van der Waals surface area (Å²) in [6, 6.07) is 5.92. The van der Waals surface area contributed by atoms with E-state index in [2.05, 4.69) is 5.32 Å². The summed E-state index contributed by atoms with van der Waals surface area (Å²) in [6.07, 6.45) is 2.61. The number of rotatable bonds is 8. The Kier molecular flexibility index (Phi) is 8.30. The molecule has 1 N–H and O–H groups in total. The molecule has 30 heavy (non-hydrogen) atoms. The van der Waals surface area contributed by atoms with Gasteiger partial charge >= 0.3 is 0 Å². The summed E-state index contributed by atoms with van der Waals surface area (Å²) in [7, 11) is 3.98. The third kappa shape index (κ3) is 7.01. The quantitative estimate of drug-likeness (QED) is 0.685. The van der Waals surface area contributed by atoms with Crippen molar-refractivity contribution < 1.29 is 14.3 Å². The van der Waals surface area contributed by atoms with E-state index in [0.717, 1.165) is 36.4 Å². The summed E-state index contributed by atoms with van der Waals surface area (Å²) in [5.41, 5.74) is 2.34. The highest BCUT2D eigenvalue weighted by Gasteiger charge is 2.31. The monoisotopic (exact) mass is 417 g/mol. The Labute approximate surface area is 182 Å². The van der Waals surface area contributed by atoms with E-state index in [4.69, 9.17) is 4.74 Å². The van der Waals surface area contributed by atoms with Crippen LogP contribution in [0.3, 0.4) is 0 Å². The van der Waals surface area contributed by atoms with Crippen LogP contribution in [0.2, 0.25) is 0 Å². The van der Waals surface area contributed by atoms with Crippen molar-refractivity contribution in [3.05, 3.63) is 23.8 Å². The van der Waals surface area contributed by atoms with Crippen LogP contribution in [0, 0.1) is 11.3 Å². The van der Waals surface area contributed by atoms with Crippen LogP contribution in [0.1, 0.15) is 59.4 Å². The molecular formula is C24H39N3O3. The molecule has 6 heteroatoms. The second-order valence-electron chi connectivity index (χ2n) is 9.95. The number of ether oxygens (including phenoxy) is 1. The highest BCUT2D eigenvalue weighted by Crippen LogP contribution is 2.28. The van der Waals surface area contributed by atoms with Gasteiger partial charge in [-0.05, 0) is 42.5 Å². The van der Waals surface area contributed by atoms with Crippen LogP contribution in [-0.4, -0.2) is 50.1 Å². The van der Waals surface area contributed by atoms with E-state index in [9.17, 15) is 9.59 Å². The summed E-state index contributed by atoms with van der Waals surface area (Å²) >= 11 is 0. The van der Waals surface area contributed by atoms with Crippen LogP contribution in [0.25, 0.3) is 0 Å². The van der Waals surface area contributed by atoms with Gasteiger partial charge in [0.2, 0.25) is 11.8 Å². The second-order valence-corrected chi connectivity index (χ2v) is 9.95. The molecule has 0 aromatic heterocycles. The lowest BCUT2D eigenvalue weighted by molar-refractivity contribution is -0.141. The Morgan fingerprint density at radius 3 is 2.47 bits per heavy atom. The minimum absolute atomic E-state index is 0.00975. The van der Waals surface area contributed by atoms with E-state index in [1.165, 1.54) is 0 Å². The number of nitrogens with zero attached hydrogens (tertiary/aromatic N) is 2. The maximum atomic E-state index is 13.2. The Balaban J connectivity index is 2.29. The molecule has 0 unspecified atom stereocenters. The van der Waals surface area contributed by atoms with Crippen molar-refractivity contribution in [2.45, 2.75) is 66.5 Å². The minimum Gasteiger partial charge on any atom is -0.377 e. The molecule has 2 rings (SSSR count). The normalized spacial score (nSPS) is 16.6. The summed E-state index contributed by atoms with van der Waals surface area (Å²) in [5.74, 6) is 0.421. The lowest BCUT2D eigenvalue weighted by atomic mass is 9.94. The summed E-state index contributed by atoms with van der Waals surface area (Å²) < 4.78 is 5.81. The minimum atomic E-state index is -0.472. The van der Waals surface area contributed by atoms with Gasteiger partial charge in [-0.25, -0.2) is 0 Å². The summed E-state index contributed by atoms with van der Waals surface area (Å²) in [5, 5.41) is 3.00. The molecule has 0 aliphatic carbocycles. The number of benzene rings is 1. The zero-order valence-electron chi connectivity index (χ0n) is 19.7. The zero-order chi connectivity index (χ0) is 22.5. The SMILES string of the molecule is CC(C)CC(=O)Nc1ccc(N(C)C)c(CN(C[C@H]2CCCO2)C(=O)C(C)(C)C)c1. The van der Waals surface area contributed by atoms with Crippen LogP contribution in [0.5, 0.6) is 0 Å². The number of carbonyl (C=O) groups is 2. The number of anilines is 2. The van der Waals surface area contributed by atoms with Crippen LogP contribution < -0.4 is 10.2 Å². The Hall–Kier alpha value is -2.08. The van der Waals surface area contributed by atoms with Gasteiger partial charge in [-0.1, -0.05) is 34.6 Å². The third-order valence-electron chi connectivity index (χ3n) is 5.18. The molecule has 1 heterocycles. The molecule has 0 bridgehead atoms. The molecule has 1 aromatic carbocycles. The first-order valence-corrected chi connectivity index (χ1v) is 11.0. The smallest absolute Gasteiger partial charge is 0.228 e. The Bertz CT molecular complexity index is 732. The zero-order valence-corrected chi connectivity index (χ0v) is 19.7. The fourth-order valence-electron chi connectivity index (χ4n) is 3.74. The van der Waals surface area contributed by atoms with Crippen LogP contribution in [0.15, 0.2) is 18.2 Å². The first kappa shape index (κ1) is 24.2. The van der Waals surface area contributed by atoms with E-state index in [-0.39, 0.29) is 17.9 Å². The van der Waals surface area contributed by atoms with Gasteiger partial charge in [0.1, 0.15) is 0 Å². The van der Waals surface area contributed by atoms with E-state index in [1.54, 1.807) is 0 Å². The van der Waals surface area contributed by atoms with Crippen molar-refractivity contribution in [2.24, 2.45) is 11.3 Å². The van der Waals surface area contributed by atoms with Gasteiger partial charge in [0.05, 0.1) is 6.10 Å². The average molecular weight is 418 g/mol. The van der Waals surface area contributed by atoms with Gasteiger partial charge in [-0.15, -0.1) is 0 Å². The van der Waals surface area contributed by atoms with E-state index in [0.29, 0.717) is 25.4 Å². The molecule has 1 aromatic rings. The summed E-state index contributed by atoms with van der Waals surface area (Å²) in [4.78, 5) is 29.4. The molecule has 1 aliphatic heterocycles. The molecule has 0 radical (unpaired) electrons. The van der Waals surface area contributed by atoms with Crippen molar-refractivity contribution in [1.29, 1.82) is 0 Å². The van der Waals surface area contributed by atoms with Crippen LogP contribution >= 0.6 is 0 Å². The first-order chi connectivity index (χ1) is 14.0. The van der Waals surface area contributed by atoms with Crippen molar-refractivity contribution in [2.75, 3.05) is 37.5 Å². The molecule has 168 valence electrons. The molecule has 6 nitrogen and oxygen atoms in total. The molecule has 1 saturated heterocycles. The number of amides is 2. The first-order valence-electron chi connectivity index (χ1n) is 11.0. The fourth-order valence-corrected chi connectivity index (χ4v) is 3.74. The van der Waals surface area contributed by atoms with Gasteiger partial charge in [0.15, 0.2) is 0 Å². The third-order valence-corrected chi connectivity index (χ3v) is 5.18. The largest absolute Gasteiger partial charge is 0.377 e. The Morgan fingerprint density at radius 2 is 1.93 bits per heavy atom. The van der Waals surface area contributed by atoms with Gasteiger partial charge in [0.25, 0.3) is 0 Å². The maximum Gasteiger partial charge on any atom is 0.228 e. The van der Waals surface area contributed by atoms with Crippen LogP contribution in [-0.2, 0) is 20.9 Å². The molecular weight excluding hydrogens is 378 g/mol. The number of carbonyl (C=O) groups excluding carboxylic acids is 2. The topological polar surface area (TPSA) is 61.9 Å². The predicted molar refractivity (Wildman–Crippen MR) is 123 cm³/mol. The highest BCUT2D eigenvalue weighted by atomic mass is 16.5. The van der Waals surface area contributed by atoms with Gasteiger partial charge in [-0.3, -0.25) is 9.59 Å². The molecule has 2 amide bonds. The van der Waals surface area contributed by atoms with E-state index >= 15 is 0 Å². The fraction of sp³-hybridized carbons (Fsp3) is 0.667. The van der Waals surface area contributed by atoms with E-state index < -0.39 is 5.41 Å². The van der Waals surface area contributed by atoms with Crippen molar-refractivity contribution in [3.63, 3.8) is 0 Å².